The molecule has 0 aromatic rings. The Morgan fingerprint density at radius 2 is 1.07 bits per heavy atom. The molecule has 0 unspecified atom stereocenters. The van der Waals surface area contributed by atoms with E-state index in [0.717, 1.165) is 25.7 Å². The highest BCUT2D eigenvalue weighted by atomic mass is 16.5. The summed E-state index contributed by atoms with van der Waals surface area (Å²) in [4.78, 5) is 23.2. The van der Waals surface area contributed by atoms with Gasteiger partial charge >= 0.3 is 11.9 Å². The van der Waals surface area contributed by atoms with Crippen LogP contribution in [0.15, 0.2) is 0 Å². The lowest BCUT2D eigenvalue weighted by molar-refractivity contribution is -0.144. The normalized spacial score (nSPS) is 10.7. The molecule has 159 valence electrons. The van der Waals surface area contributed by atoms with E-state index in [1.807, 2.05) is 0 Å². The van der Waals surface area contributed by atoms with Crippen molar-refractivity contribution in [3.05, 3.63) is 6.61 Å². The molecule has 0 saturated heterocycles. The topological polar surface area (TPSA) is 52.6 Å². The molecule has 0 aromatic heterocycles. The second kappa shape index (κ2) is 21.2. The number of esters is 2. The Hall–Kier alpha value is -1.06. The minimum atomic E-state index is -0.182. The van der Waals surface area contributed by atoms with Crippen LogP contribution in [-0.2, 0) is 19.1 Å². The van der Waals surface area contributed by atoms with Crippen molar-refractivity contribution in [1.82, 2.24) is 0 Å². The monoisotopic (exact) mass is 383 g/mol. The van der Waals surface area contributed by atoms with Crippen molar-refractivity contribution in [2.24, 2.45) is 0 Å². The first-order valence-electron chi connectivity index (χ1n) is 11.4. The van der Waals surface area contributed by atoms with Crippen LogP contribution in [0.25, 0.3) is 0 Å². The molecule has 0 heterocycles. The van der Waals surface area contributed by atoms with Crippen LogP contribution in [0, 0.1) is 6.61 Å². The maximum atomic E-state index is 11.6. The van der Waals surface area contributed by atoms with Crippen molar-refractivity contribution >= 4 is 11.9 Å². The zero-order chi connectivity index (χ0) is 20.0. The Labute approximate surface area is 167 Å². The lowest BCUT2D eigenvalue weighted by Gasteiger charge is -2.06. The van der Waals surface area contributed by atoms with E-state index in [1.54, 1.807) is 0 Å². The van der Waals surface area contributed by atoms with Gasteiger partial charge in [0.1, 0.15) is 6.61 Å². The van der Waals surface area contributed by atoms with E-state index in [2.05, 4.69) is 13.8 Å². The minimum absolute atomic E-state index is 0.147. The largest absolute Gasteiger partial charge is 0.466 e. The average molecular weight is 384 g/mol. The highest BCUT2D eigenvalue weighted by Crippen LogP contribution is 2.10. The molecule has 0 aliphatic carbocycles. The summed E-state index contributed by atoms with van der Waals surface area (Å²) in [7, 11) is 0. The van der Waals surface area contributed by atoms with Crippen LogP contribution in [-0.4, -0.2) is 18.5 Å². The summed E-state index contributed by atoms with van der Waals surface area (Å²) >= 11 is 0. The number of carbonyl (C=O) groups is 2. The molecular weight excluding hydrogens is 340 g/mol. The van der Waals surface area contributed by atoms with Crippen molar-refractivity contribution in [2.45, 2.75) is 123 Å². The van der Waals surface area contributed by atoms with Gasteiger partial charge < -0.3 is 9.47 Å². The molecule has 0 atom stereocenters. The number of hydrogen-bond acceptors (Lipinski definition) is 4. The first kappa shape index (κ1) is 25.9. The van der Waals surface area contributed by atoms with Gasteiger partial charge in [0.25, 0.3) is 0 Å². The molecule has 1 radical (unpaired) electrons. The van der Waals surface area contributed by atoms with Crippen LogP contribution >= 0.6 is 0 Å². The van der Waals surface area contributed by atoms with Gasteiger partial charge in [0.2, 0.25) is 0 Å². The van der Waals surface area contributed by atoms with Crippen molar-refractivity contribution < 1.29 is 19.1 Å². The zero-order valence-corrected chi connectivity index (χ0v) is 17.9. The Morgan fingerprint density at radius 1 is 0.630 bits per heavy atom. The van der Waals surface area contributed by atoms with Gasteiger partial charge in [0, 0.05) is 19.3 Å². The molecule has 0 rings (SSSR count). The van der Waals surface area contributed by atoms with E-state index in [0.29, 0.717) is 25.9 Å². The van der Waals surface area contributed by atoms with Gasteiger partial charge in [0.15, 0.2) is 0 Å². The van der Waals surface area contributed by atoms with Gasteiger partial charge in [0.05, 0.1) is 6.61 Å². The fraction of sp³-hybridized carbons (Fsp3) is 0.870. The van der Waals surface area contributed by atoms with E-state index >= 15 is 0 Å². The van der Waals surface area contributed by atoms with Gasteiger partial charge in [-0.3, -0.25) is 9.59 Å². The van der Waals surface area contributed by atoms with Gasteiger partial charge in [-0.2, -0.15) is 0 Å². The molecule has 0 amide bonds. The molecular formula is C23H43O4. The number of hydrogen-bond donors (Lipinski definition) is 0. The lowest BCUT2D eigenvalue weighted by atomic mass is 10.1. The van der Waals surface area contributed by atoms with Crippen LogP contribution in [0.1, 0.15) is 123 Å². The Bertz CT molecular complexity index is 309. The van der Waals surface area contributed by atoms with Crippen molar-refractivity contribution in [3.63, 3.8) is 0 Å². The Kier molecular flexibility index (Phi) is 20.4. The highest BCUT2D eigenvalue weighted by molar-refractivity contribution is 5.70. The van der Waals surface area contributed by atoms with Crippen LogP contribution in [0.4, 0.5) is 0 Å². The summed E-state index contributed by atoms with van der Waals surface area (Å²) < 4.78 is 10.2. The summed E-state index contributed by atoms with van der Waals surface area (Å²) in [6.07, 6.45) is 18.1. The van der Waals surface area contributed by atoms with Crippen molar-refractivity contribution in [2.75, 3.05) is 6.61 Å². The molecule has 27 heavy (non-hydrogen) atoms. The molecule has 0 fully saturated rings. The number of rotatable bonds is 20. The summed E-state index contributed by atoms with van der Waals surface area (Å²) in [5.74, 6) is -0.329. The van der Waals surface area contributed by atoms with E-state index in [1.165, 1.54) is 70.8 Å². The third kappa shape index (κ3) is 21.1. The van der Waals surface area contributed by atoms with E-state index in [4.69, 9.17) is 9.47 Å². The van der Waals surface area contributed by atoms with Gasteiger partial charge in [-0.15, -0.1) is 0 Å². The second-order valence-corrected chi connectivity index (χ2v) is 7.41. The number of ether oxygens (including phenoxy) is 2. The maximum Gasteiger partial charge on any atom is 0.306 e. The summed E-state index contributed by atoms with van der Waals surface area (Å²) in [5.41, 5.74) is 0. The first-order chi connectivity index (χ1) is 13.2. The molecule has 0 aliphatic rings. The van der Waals surface area contributed by atoms with Crippen LogP contribution in [0.5, 0.6) is 0 Å². The summed E-state index contributed by atoms with van der Waals surface area (Å²) in [5, 5.41) is 0. The van der Waals surface area contributed by atoms with Gasteiger partial charge in [-0.25, -0.2) is 0 Å². The van der Waals surface area contributed by atoms with E-state index in [9.17, 15) is 9.59 Å². The molecule has 0 bridgehead atoms. The third-order valence-electron chi connectivity index (χ3n) is 4.68. The maximum absolute atomic E-state index is 11.6. The summed E-state index contributed by atoms with van der Waals surface area (Å²) in [6, 6.07) is 0. The third-order valence-corrected chi connectivity index (χ3v) is 4.68. The molecule has 0 saturated carbocycles. The molecule has 4 nitrogen and oxygen atoms in total. The number of unbranched alkanes of at least 4 members (excludes halogenated alkanes) is 12. The predicted molar refractivity (Wildman–Crippen MR) is 111 cm³/mol. The van der Waals surface area contributed by atoms with E-state index in [-0.39, 0.29) is 11.9 Å². The SMILES string of the molecule is CCCCCCCCCC(=O)O[CH]CCOC(=O)CCCCCCCCC. The second-order valence-electron chi connectivity index (χ2n) is 7.41. The van der Waals surface area contributed by atoms with Crippen LogP contribution in [0.2, 0.25) is 0 Å². The van der Waals surface area contributed by atoms with Crippen molar-refractivity contribution in [3.8, 4) is 0 Å². The fourth-order valence-electron chi connectivity index (χ4n) is 2.96. The number of carbonyl (C=O) groups excluding carboxylic acids is 2. The quantitative estimate of drug-likeness (QED) is 0.169. The van der Waals surface area contributed by atoms with Crippen LogP contribution < -0.4 is 0 Å². The molecule has 0 N–H and O–H groups in total. The van der Waals surface area contributed by atoms with Gasteiger partial charge in [-0.1, -0.05) is 90.9 Å². The molecule has 0 spiro atoms. The smallest absolute Gasteiger partial charge is 0.306 e. The van der Waals surface area contributed by atoms with E-state index < -0.39 is 0 Å². The Morgan fingerprint density at radius 3 is 1.59 bits per heavy atom. The summed E-state index contributed by atoms with van der Waals surface area (Å²) in [6.45, 7) is 6.18. The Balaban J connectivity index is 3.29. The minimum Gasteiger partial charge on any atom is -0.466 e. The average Bonchev–Trinajstić information content (AvgIpc) is 2.66. The van der Waals surface area contributed by atoms with Crippen molar-refractivity contribution in [1.29, 1.82) is 0 Å². The lowest BCUT2D eigenvalue weighted by Crippen LogP contribution is -2.08. The van der Waals surface area contributed by atoms with Crippen LogP contribution in [0.3, 0.4) is 0 Å². The van der Waals surface area contributed by atoms with Gasteiger partial charge in [-0.05, 0) is 12.8 Å². The highest BCUT2D eigenvalue weighted by Gasteiger charge is 2.05. The molecule has 4 heteroatoms. The zero-order valence-electron chi connectivity index (χ0n) is 17.9. The first-order valence-corrected chi connectivity index (χ1v) is 11.4. The molecule has 0 aliphatic heterocycles. The predicted octanol–water partition coefficient (Wildman–Crippen LogP) is 6.91. The standard InChI is InChI=1S/C23H43O4/c1-3-5-7-9-11-13-15-18-22(24)26-20-17-21-27-23(25)19-16-14-12-10-8-6-4-2/h20H,3-19,21H2,1-2H3. The fourth-order valence-corrected chi connectivity index (χ4v) is 2.96. The molecule has 0 aromatic carbocycles.